The number of primary amides is 1. The maximum Gasteiger partial charge on any atom is 0.237 e. The second-order valence-corrected chi connectivity index (χ2v) is 3.32. The molecule has 0 radical (unpaired) electrons. The second-order valence-electron chi connectivity index (χ2n) is 3.32. The molecule has 1 aromatic rings. The van der Waals surface area contributed by atoms with Crippen molar-refractivity contribution in [3.8, 4) is 5.75 Å². The fourth-order valence-corrected chi connectivity index (χ4v) is 1.33. The van der Waals surface area contributed by atoms with E-state index in [0.717, 1.165) is 0 Å². The molecule has 0 aliphatic rings. The molecule has 0 spiro atoms. The molecule has 0 saturated carbocycles. The van der Waals surface area contributed by atoms with Gasteiger partial charge in [0.2, 0.25) is 11.8 Å². The van der Waals surface area contributed by atoms with Gasteiger partial charge in [-0.3, -0.25) is 9.59 Å². The minimum absolute atomic E-state index is 0.0378. The zero-order valence-electron chi connectivity index (χ0n) is 9.01. The van der Waals surface area contributed by atoms with Gasteiger partial charge in [-0.25, -0.2) is 0 Å². The van der Waals surface area contributed by atoms with Crippen LogP contribution < -0.4 is 10.6 Å². The third kappa shape index (κ3) is 2.98. The smallest absolute Gasteiger partial charge is 0.237 e. The quantitative estimate of drug-likeness (QED) is 0.783. The summed E-state index contributed by atoms with van der Waals surface area (Å²) < 4.78 is 0. The summed E-state index contributed by atoms with van der Waals surface area (Å²) in [4.78, 5) is 23.7. The minimum Gasteiger partial charge on any atom is -0.508 e. The molecule has 0 heterocycles. The van der Waals surface area contributed by atoms with E-state index in [2.05, 4.69) is 0 Å². The van der Waals surface area contributed by atoms with Crippen molar-refractivity contribution in [1.29, 1.82) is 0 Å². The normalized spacial score (nSPS) is 9.81. The Balaban J connectivity index is 3.00. The Labute approximate surface area is 93.5 Å². The summed E-state index contributed by atoms with van der Waals surface area (Å²) in [5.41, 5.74) is 5.53. The highest BCUT2D eigenvalue weighted by Gasteiger charge is 2.16. The van der Waals surface area contributed by atoms with E-state index < -0.39 is 5.91 Å². The van der Waals surface area contributed by atoms with Crippen LogP contribution in [0.1, 0.15) is 13.3 Å². The van der Waals surface area contributed by atoms with Crippen molar-refractivity contribution in [2.24, 2.45) is 5.73 Å². The first-order valence-electron chi connectivity index (χ1n) is 4.92. The number of phenols is 1. The highest BCUT2D eigenvalue weighted by molar-refractivity contribution is 5.98. The molecule has 0 atom stereocenters. The van der Waals surface area contributed by atoms with Crippen molar-refractivity contribution >= 4 is 17.5 Å². The van der Waals surface area contributed by atoms with Gasteiger partial charge in [-0.1, -0.05) is 13.0 Å². The summed E-state index contributed by atoms with van der Waals surface area (Å²) in [6.07, 6.45) is 0.267. The molecule has 1 rings (SSSR count). The molecule has 0 aliphatic heterocycles. The topological polar surface area (TPSA) is 83.6 Å². The number of benzene rings is 1. The van der Waals surface area contributed by atoms with Crippen LogP contribution in [0.5, 0.6) is 5.75 Å². The summed E-state index contributed by atoms with van der Waals surface area (Å²) in [5.74, 6) is -0.773. The molecular formula is C11H14N2O3. The molecule has 5 nitrogen and oxygen atoms in total. The second kappa shape index (κ2) is 5.16. The van der Waals surface area contributed by atoms with E-state index >= 15 is 0 Å². The Bertz CT molecular complexity index is 404. The van der Waals surface area contributed by atoms with E-state index in [4.69, 9.17) is 5.73 Å². The van der Waals surface area contributed by atoms with Crippen molar-refractivity contribution in [2.75, 3.05) is 11.4 Å². The summed E-state index contributed by atoms with van der Waals surface area (Å²) in [6.45, 7) is 1.51. The number of hydrogen-bond donors (Lipinski definition) is 2. The fourth-order valence-electron chi connectivity index (χ4n) is 1.33. The summed E-state index contributed by atoms with van der Waals surface area (Å²) in [7, 11) is 0. The lowest BCUT2D eigenvalue weighted by Crippen LogP contribution is -2.38. The predicted molar refractivity (Wildman–Crippen MR) is 59.9 cm³/mol. The Morgan fingerprint density at radius 1 is 1.44 bits per heavy atom. The summed E-state index contributed by atoms with van der Waals surface area (Å²) in [6, 6.07) is 6.14. The molecule has 0 aromatic heterocycles. The lowest BCUT2D eigenvalue weighted by Gasteiger charge is -2.20. The van der Waals surface area contributed by atoms with Gasteiger partial charge in [0, 0.05) is 18.2 Å². The number of hydrogen-bond acceptors (Lipinski definition) is 3. The molecule has 2 amide bonds. The summed E-state index contributed by atoms with van der Waals surface area (Å²) in [5, 5.41) is 9.30. The van der Waals surface area contributed by atoms with Gasteiger partial charge >= 0.3 is 0 Å². The first-order chi connectivity index (χ1) is 7.54. The maximum atomic E-state index is 11.6. The van der Waals surface area contributed by atoms with Gasteiger partial charge in [-0.15, -0.1) is 0 Å². The SMILES string of the molecule is CCC(=O)N(CC(N)=O)c1cccc(O)c1. The van der Waals surface area contributed by atoms with Gasteiger partial charge < -0.3 is 15.7 Å². The van der Waals surface area contributed by atoms with Crippen molar-refractivity contribution in [3.05, 3.63) is 24.3 Å². The van der Waals surface area contributed by atoms with E-state index in [1.165, 1.54) is 17.0 Å². The van der Waals surface area contributed by atoms with Crippen LogP contribution in [0.3, 0.4) is 0 Å². The van der Waals surface area contributed by atoms with Crippen molar-refractivity contribution < 1.29 is 14.7 Å². The Morgan fingerprint density at radius 2 is 2.12 bits per heavy atom. The van der Waals surface area contributed by atoms with Gasteiger partial charge in [0.15, 0.2) is 0 Å². The molecule has 0 fully saturated rings. The number of phenolic OH excluding ortho intramolecular Hbond substituents is 1. The number of nitrogens with two attached hydrogens (primary N) is 1. The van der Waals surface area contributed by atoms with Crippen LogP contribution in [0.25, 0.3) is 0 Å². The van der Waals surface area contributed by atoms with Crippen LogP contribution in [0.4, 0.5) is 5.69 Å². The van der Waals surface area contributed by atoms with E-state index in [0.29, 0.717) is 5.69 Å². The van der Waals surface area contributed by atoms with Crippen molar-refractivity contribution in [1.82, 2.24) is 0 Å². The highest BCUT2D eigenvalue weighted by atomic mass is 16.3. The lowest BCUT2D eigenvalue weighted by atomic mass is 10.2. The summed E-state index contributed by atoms with van der Waals surface area (Å²) >= 11 is 0. The zero-order chi connectivity index (χ0) is 12.1. The Morgan fingerprint density at radius 3 is 2.62 bits per heavy atom. The standard InChI is InChI=1S/C11H14N2O3/c1-2-11(16)13(7-10(12)15)8-4-3-5-9(14)6-8/h3-6,14H,2,7H2,1H3,(H2,12,15). The molecule has 0 saturated heterocycles. The fraction of sp³-hybridized carbons (Fsp3) is 0.273. The van der Waals surface area contributed by atoms with Gasteiger partial charge in [-0.05, 0) is 12.1 Å². The van der Waals surface area contributed by atoms with Crippen molar-refractivity contribution in [2.45, 2.75) is 13.3 Å². The number of amides is 2. The monoisotopic (exact) mass is 222 g/mol. The first kappa shape index (κ1) is 12.0. The molecule has 86 valence electrons. The average Bonchev–Trinajstić information content (AvgIpc) is 2.24. The van der Waals surface area contributed by atoms with Crippen LogP contribution in [0.15, 0.2) is 24.3 Å². The third-order valence-corrected chi connectivity index (χ3v) is 2.06. The Hall–Kier alpha value is -2.04. The van der Waals surface area contributed by atoms with Crippen LogP contribution in [0.2, 0.25) is 0 Å². The number of carbonyl (C=O) groups is 2. The maximum absolute atomic E-state index is 11.6. The van der Waals surface area contributed by atoms with Gasteiger partial charge in [0.25, 0.3) is 0 Å². The number of nitrogens with zero attached hydrogens (tertiary/aromatic N) is 1. The number of carbonyl (C=O) groups excluding carboxylic acids is 2. The molecule has 3 N–H and O–H groups in total. The molecule has 16 heavy (non-hydrogen) atoms. The van der Waals surface area contributed by atoms with Crippen molar-refractivity contribution in [3.63, 3.8) is 0 Å². The van der Waals surface area contributed by atoms with E-state index in [-0.39, 0.29) is 24.6 Å². The molecule has 0 unspecified atom stereocenters. The number of anilines is 1. The lowest BCUT2D eigenvalue weighted by molar-refractivity contribution is -0.122. The third-order valence-electron chi connectivity index (χ3n) is 2.06. The van der Waals surface area contributed by atoms with Crippen LogP contribution in [0, 0.1) is 0 Å². The van der Waals surface area contributed by atoms with Crippen LogP contribution >= 0.6 is 0 Å². The van der Waals surface area contributed by atoms with Gasteiger partial charge in [0.1, 0.15) is 12.3 Å². The molecule has 0 bridgehead atoms. The first-order valence-corrected chi connectivity index (χ1v) is 4.92. The minimum atomic E-state index is -0.592. The van der Waals surface area contributed by atoms with E-state index in [1.54, 1.807) is 19.1 Å². The number of rotatable bonds is 4. The average molecular weight is 222 g/mol. The van der Waals surface area contributed by atoms with Gasteiger partial charge in [-0.2, -0.15) is 0 Å². The van der Waals surface area contributed by atoms with Crippen LogP contribution in [-0.2, 0) is 9.59 Å². The predicted octanol–water partition coefficient (Wildman–Crippen LogP) is 0.620. The van der Waals surface area contributed by atoms with E-state index in [9.17, 15) is 14.7 Å². The zero-order valence-corrected chi connectivity index (χ0v) is 9.01. The van der Waals surface area contributed by atoms with Crippen LogP contribution in [-0.4, -0.2) is 23.5 Å². The molecular weight excluding hydrogens is 208 g/mol. The highest BCUT2D eigenvalue weighted by Crippen LogP contribution is 2.20. The number of aromatic hydroxyl groups is 1. The van der Waals surface area contributed by atoms with E-state index in [1.807, 2.05) is 0 Å². The molecule has 0 aliphatic carbocycles. The molecule has 1 aromatic carbocycles. The molecule has 5 heteroatoms. The Kier molecular flexibility index (Phi) is 3.88. The van der Waals surface area contributed by atoms with Gasteiger partial charge in [0.05, 0.1) is 0 Å². The largest absolute Gasteiger partial charge is 0.508 e.